The van der Waals surface area contributed by atoms with Gasteiger partial charge in [-0.15, -0.1) is 0 Å². The van der Waals surface area contributed by atoms with Crippen LogP contribution in [-0.4, -0.2) is 0 Å². The second-order valence-electron chi connectivity index (χ2n) is 14.5. The third-order valence-corrected chi connectivity index (χ3v) is 12.9. The Hall–Kier alpha value is -2.34. The monoisotopic (exact) mass is 560 g/mol. The van der Waals surface area contributed by atoms with Crippen molar-refractivity contribution in [1.29, 1.82) is 0 Å². The molecule has 3 aliphatic rings. The highest BCUT2D eigenvalue weighted by atomic mass is 14.6. The minimum atomic E-state index is 0.485. The molecule has 3 aromatic rings. The molecule has 3 aromatic carbocycles. The molecule has 0 aliphatic heterocycles. The second-order valence-corrected chi connectivity index (χ2v) is 14.5. The molecule has 1 spiro atoms. The summed E-state index contributed by atoms with van der Waals surface area (Å²) in [6.45, 7) is 14.8. The summed E-state index contributed by atoms with van der Waals surface area (Å²) >= 11 is 0. The molecule has 0 radical (unpaired) electrons. The Morgan fingerprint density at radius 3 is 1.33 bits per heavy atom. The molecule has 0 aromatic heterocycles. The molecule has 224 valence electrons. The van der Waals surface area contributed by atoms with E-state index in [-0.39, 0.29) is 0 Å². The summed E-state index contributed by atoms with van der Waals surface area (Å²) in [7, 11) is 0. The van der Waals surface area contributed by atoms with Gasteiger partial charge in [0, 0.05) is 0 Å². The van der Waals surface area contributed by atoms with Gasteiger partial charge in [0.1, 0.15) is 0 Å². The zero-order valence-electron chi connectivity index (χ0n) is 27.5. The van der Waals surface area contributed by atoms with Crippen molar-refractivity contribution in [1.82, 2.24) is 0 Å². The number of rotatable bonds is 7. The average Bonchev–Trinajstić information content (AvgIpc) is 3.03. The van der Waals surface area contributed by atoms with Gasteiger partial charge in [0.15, 0.2) is 0 Å². The van der Waals surface area contributed by atoms with Crippen LogP contribution in [0.15, 0.2) is 66.7 Å². The van der Waals surface area contributed by atoms with Gasteiger partial charge in [0.25, 0.3) is 0 Å². The normalized spacial score (nSPS) is 32.7. The van der Waals surface area contributed by atoms with Crippen LogP contribution in [0.3, 0.4) is 0 Å². The van der Waals surface area contributed by atoms with E-state index in [9.17, 15) is 0 Å². The average molecular weight is 561 g/mol. The van der Waals surface area contributed by atoms with E-state index in [0.717, 1.165) is 49.4 Å². The maximum atomic E-state index is 2.70. The summed E-state index contributed by atoms with van der Waals surface area (Å²) in [5.74, 6) is 5.31. The van der Waals surface area contributed by atoms with Crippen LogP contribution in [0.4, 0.5) is 0 Å². The Morgan fingerprint density at radius 2 is 0.857 bits per heavy atom. The highest BCUT2D eigenvalue weighted by Gasteiger charge is 2.60. The first kappa shape index (κ1) is 29.7. The van der Waals surface area contributed by atoms with Crippen molar-refractivity contribution in [3.05, 3.63) is 106 Å². The summed E-state index contributed by atoms with van der Waals surface area (Å²) in [5, 5.41) is 0. The van der Waals surface area contributed by atoms with Gasteiger partial charge >= 0.3 is 0 Å². The van der Waals surface area contributed by atoms with Crippen molar-refractivity contribution in [3.63, 3.8) is 0 Å². The topological polar surface area (TPSA) is 0 Å². The van der Waals surface area contributed by atoms with E-state index in [1.807, 2.05) is 0 Å². The first-order chi connectivity index (χ1) is 20.5. The van der Waals surface area contributed by atoms with Crippen LogP contribution in [0.5, 0.6) is 0 Å². The fraction of sp³-hybridized carbons (Fsp3) is 0.571. The first-order valence-electron chi connectivity index (χ1n) is 17.7. The maximum absolute atomic E-state index is 2.70. The van der Waals surface area contributed by atoms with Gasteiger partial charge < -0.3 is 0 Å². The van der Waals surface area contributed by atoms with Crippen molar-refractivity contribution in [2.24, 2.45) is 29.1 Å². The minimum absolute atomic E-state index is 0.485. The molecule has 0 nitrogen and oxygen atoms in total. The third kappa shape index (κ3) is 4.90. The molecular weight excluding hydrogens is 504 g/mol. The lowest BCUT2D eigenvalue weighted by molar-refractivity contribution is -0.139. The molecule has 0 bridgehead atoms. The Kier molecular flexibility index (Phi) is 8.73. The molecule has 8 atom stereocenters. The minimum Gasteiger partial charge on any atom is -0.0620 e. The highest BCUT2D eigenvalue weighted by Crippen LogP contribution is 2.69. The van der Waals surface area contributed by atoms with Crippen LogP contribution in [0.2, 0.25) is 0 Å². The molecule has 3 fully saturated rings. The third-order valence-electron chi connectivity index (χ3n) is 12.9. The molecule has 42 heavy (non-hydrogen) atoms. The van der Waals surface area contributed by atoms with Gasteiger partial charge in [0.05, 0.1) is 0 Å². The van der Waals surface area contributed by atoms with E-state index in [1.54, 1.807) is 38.9 Å². The Morgan fingerprint density at radius 1 is 0.476 bits per heavy atom. The van der Waals surface area contributed by atoms with Gasteiger partial charge in [-0.05, 0) is 150 Å². The lowest BCUT2D eigenvalue weighted by atomic mass is 9.39. The Balaban J connectivity index is 1.43. The van der Waals surface area contributed by atoms with Crippen molar-refractivity contribution in [2.75, 3.05) is 0 Å². The maximum Gasteiger partial charge on any atom is -0.0151 e. The Bertz CT molecular complexity index is 1340. The zero-order valence-corrected chi connectivity index (χ0v) is 27.5. The van der Waals surface area contributed by atoms with Gasteiger partial charge in [-0.25, -0.2) is 0 Å². The molecule has 0 N–H and O–H groups in total. The van der Waals surface area contributed by atoms with E-state index >= 15 is 0 Å². The fourth-order valence-corrected chi connectivity index (χ4v) is 11.4. The van der Waals surface area contributed by atoms with E-state index in [4.69, 9.17) is 0 Å². The number of aryl methyl sites for hydroxylation is 4. The summed E-state index contributed by atoms with van der Waals surface area (Å²) in [6.07, 6.45) is 13.0. The lowest BCUT2D eigenvalue weighted by Crippen LogP contribution is -2.57. The quantitative estimate of drug-likeness (QED) is 0.269. The SMILES string of the molecule is CCc1ccccc1C1CC(C)C23[C@H](C1)CC(c1ccccc1CC)C[C@@H]2C[C@H](c1c(CC)cccc1CC)C[C@@H]3C. The molecule has 3 saturated carbocycles. The van der Waals surface area contributed by atoms with Crippen LogP contribution in [0.25, 0.3) is 0 Å². The van der Waals surface area contributed by atoms with Crippen molar-refractivity contribution in [2.45, 2.75) is 124 Å². The van der Waals surface area contributed by atoms with Gasteiger partial charge in [0.2, 0.25) is 0 Å². The lowest BCUT2D eigenvalue weighted by Gasteiger charge is -2.65. The van der Waals surface area contributed by atoms with E-state index in [2.05, 4.69) is 108 Å². The van der Waals surface area contributed by atoms with Crippen LogP contribution >= 0.6 is 0 Å². The predicted octanol–water partition coefficient (Wildman–Crippen LogP) is 11.5. The van der Waals surface area contributed by atoms with Crippen molar-refractivity contribution < 1.29 is 0 Å². The molecule has 0 amide bonds. The summed E-state index contributed by atoms with van der Waals surface area (Å²) in [5.41, 5.74) is 12.0. The van der Waals surface area contributed by atoms with Gasteiger partial charge in [-0.3, -0.25) is 0 Å². The molecule has 6 rings (SSSR count). The van der Waals surface area contributed by atoms with Gasteiger partial charge in [-0.2, -0.15) is 0 Å². The molecule has 3 aliphatic carbocycles. The number of hydrogen-bond donors (Lipinski definition) is 0. The van der Waals surface area contributed by atoms with E-state index in [1.165, 1.54) is 38.5 Å². The molecule has 4 unspecified atom stereocenters. The highest BCUT2D eigenvalue weighted by molar-refractivity contribution is 5.40. The van der Waals surface area contributed by atoms with Crippen molar-refractivity contribution >= 4 is 0 Å². The van der Waals surface area contributed by atoms with Crippen LogP contribution in [0.1, 0.15) is 137 Å². The van der Waals surface area contributed by atoms with E-state index in [0.29, 0.717) is 23.2 Å². The molecule has 0 saturated heterocycles. The summed E-state index contributed by atoms with van der Waals surface area (Å²) in [4.78, 5) is 0. The van der Waals surface area contributed by atoms with Crippen molar-refractivity contribution in [3.8, 4) is 0 Å². The van der Waals surface area contributed by atoms with Gasteiger partial charge in [-0.1, -0.05) is 108 Å². The number of benzene rings is 3. The smallest absolute Gasteiger partial charge is 0.0151 e. The van der Waals surface area contributed by atoms with E-state index < -0.39 is 0 Å². The summed E-state index contributed by atoms with van der Waals surface area (Å²) < 4.78 is 0. The number of hydrogen-bond acceptors (Lipinski definition) is 0. The molecular formula is C42H56. The zero-order chi connectivity index (χ0) is 29.4. The first-order valence-corrected chi connectivity index (χ1v) is 17.7. The van der Waals surface area contributed by atoms with Crippen LogP contribution in [0, 0.1) is 29.1 Å². The fourth-order valence-electron chi connectivity index (χ4n) is 11.4. The largest absolute Gasteiger partial charge is 0.0620 e. The standard InChI is InChI=1S/C42H56/c1-7-30-16-11-13-20-39(30)34-22-28(5)42-29(6)23-36(41-32(9-3)18-15-19-33(41)10-4)27-38(42)26-35(25-37(42)24-34)40-21-14-12-17-31(40)8-2/h11-21,28-29,34-38H,7-10,22-27H2,1-6H3/t28?,29-,34?,35?,36+,37+,38+,42?/m0/s1. The second kappa shape index (κ2) is 12.3. The van der Waals surface area contributed by atoms with Crippen LogP contribution < -0.4 is 0 Å². The molecule has 0 heteroatoms. The predicted molar refractivity (Wildman–Crippen MR) is 181 cm³/mol. The Labute approximate surface area is 257 Å². The molecule has 0 heterocycles. The summed E-state index contributed by atoms with van der Waals surface area (Å²) in [6, 6.07) is 26.1. The van der Waals surface area contributed by atoms with Crippen LogP contribution in [-0.2, 0) is 25.7 Å².